The molecule has 130 valence electrons. The zero-order valence-electron chi connectivity index (χ0n) is 13.6. The van der Waals surface area contributed by atoms with Crippen LogP contribution in [-0.4, -0.2) is 34.9 Å². The average molecular weight is 350 g/mol. The van der Waals surface area contributed by atoms with E-state index in [2.05, 4.69) is 10.6 Å². The van der Waals surface area contributed by atoms with Gasteiger partial charge in [0, 0.05) is 11.8 Å². The van der Waals surface area contributed by atoms with Crippen molar-refractivity contribution in [1.82, 2.24) is 10.6 Å². The fourth-order valence-electron chi connectivity index (χ4n) is 3.30. The van der Waals surface area contributed by atoms with Crippen LogP contribution in [0.15, 0.2) is 24.3 Å². The first kappa shape index (κ1) is 17.3. The van der Waals surface area contributed by atoms with Crippen LogP contribution in [0.2, 0.25) is 0 Å². The Morgan fingerprint density at radius 3 is 2.71 bits per heavy atom. The van der Waals surface area contributed by atoms with Crippen molar-refractivity contribution >= 4 is 23.6 Å². The molecular formula is C18H23FN2O2S. The van der Waals surface area contributed by atoms with Crippen LogP contribution in [0.5, 0.6) is 0 Å². The van der Waals surface area contributed by atoms with Gasteiger partial charge < -0.3 is 10.6 Å². The third kappa shape index (κ3) is 4.29. The fourth-order valence-corrected chi connectivity index (χ4v) is 4.48. The predicted octanol–water partition coefficient (Wildman–Crippen LogP) is 2.42. The molecule has 0 radical (unpaired) electrons. The first-order chi connectivity index (χ1) is 11.6. The topological polar surface area (TPSA) is 58.2 Å². The lowest BCUT2D eigenvalue weighted by Crippen LogP contribution is -2.56. The van der Waals surface area contributed by atoms with Gasteiger partial charge in [-0.15, -0.1) is 11.8 Å². The SMILES string of the molecule is O=C(NC1CCCCC1)[C@@H]1CS[C@H](Cc2ccccc2F)C(=O)N1. The van der Waals surface area contributed by atoms with Crippen LogP contribution in [0.4, 0.5) is 4.39 Å². The van der Waals surface area contributed by atoms with Crippen LogP contribution in [-0.2, 0) is 16.0 Å². The minimum atomic E-state index is -0.485. The van der Waals surface area contributed by atoms with E-state index in [9.17, 15) is 14.0 Å². The Bertz CT molecular complexity index is 604. The molecule has 0 aromatic heterocycles. The minimum absolute atomic E-state index is 0.0907. The Balaban J connectivity index is 1.52. The van der Waals surface area contributed by atoms with Gasteiger partial charge in [-0.25, -0.2) is 4.39 Å². The Labute approximate surface area is 146 Å². The van der Waals surface area contributed by atoms with Crippen LogP contribution in [0.1, 0.15) is 37.7 Å². The molecule has 0 bridgehead atoms. The Morgan fingerprint density at radius 2 is 2.00 bits per heavy atom. The zero-order valence-corrected chi connectivity index (χ0v) is 14.4. The summed E-state index contributed by atoms with van der Waals surface area (Å²) in [5.41, 5.74) is 0.537. The van der Waals surface area contributed by atoms with Crippen molar-refractivity contribution in [3.63, 3.8) is 0 Å². The number of amides is 2. The van der Waals surface area contributed by atoms with Crippen molar-refractivity contribution in [3.8, 4) is 0 Å². The van der Waals surface area contributed by atoms with Gasteiger partial charge in [0.05, 0.1) is 5.25 Å². The average Bonchev–Trinajstić information content (AvgIpc) is 2.59. The summed E-state index contributed by atoms with van der Waals surface area (Å²) >= 11 is 1.43. The molecule has 3 rings (SSSR count). The number of hydrogen-bond donors (Lipinski definition) is 2. The van der Waals surface area contributed by atoms with E-state index in [0.29, 0.717) is 17.7 Å². The molecule has 6 heteroatoms. The summed E-state index contributed by atoms with van der Waals surface area (Å²) in [6.45, 7) is 0. The molecule has 2 amide bonds. The lowest BCUT2D eigenvalue weighted by Gasteiger charge is -2.30. The maximum Gasteiger partial charge on any atom is 0.243 e. The lowest BCUT2D eigenvalue weighted by molar-refractivity contribution is -0.129. The number of benzene rings is 1. The number of rotatable bonds is 4. The monoisotopic (exact) mass is 350 g/mol. The molecule has 2 aliphatic rings. The third-order valence-electron chi connectivity index (χ3n) is 4.70. The second kappa shape index (κ2) is 8.01. The van der Waals surface area contributed by atoms with Crippen molar-refractivity contribution in [3.05, 3.63) is 35.6 Å². The summed E-state index contributed by atoms with van der Waals surface area (Å²) in [4.78, 5) is 24.6. The van der Waals surface area contributed by atoms with Gasteiger partial charge in [0.2, 0.25) is 11.8 Å². The number of carbonyl (C=O) groups excluding carboxylic acids is 2. The summed E-state index contributed by atoms with van der Waals surface area (Å²) in [6, 6.07) is 6.26. The molecule has 1 saturated heterocycles. The van der Waals surface area contributed by atoms with E-state index in [1.54, 1.807) is 18.2 Å². The van der Waals surface area contributed by atoms with Crippen molar-refractivity contribution in [2.45, 2.75) is 55.9 Å². The standard InChI is InChI=1S/C18H23FN2O2S/c19-14-9-5-4-6-12(14)10-16-18(23)21-15(11-24-16)17(22)20-13-7-2-1-3-8-13/h4-6,9,13,15-16H,1-3,7-8,10-11H2,(H,20,22)(H,21,23)/t15-,16+/m0/s1. The number of halogens is 1. The first-order valence-corrected chi connectivity index (χ1v) is 9.64. The molecule has 0 spiro atoms. The van der Waals surface area contributed by atoms with Crippen LogP contribution in [0, 0.1) is 5.82 Å². The maximum atomic E-state index is 13.7. The molecule has 1 heterocycles. The van der Waals surface area contributed by atoms with Gasteiger partial charge in [0.1, 0.15) is 11.9 Å². The predicted molar refractivity (Wildman–Crippen MR) is 93.3 cm³/mol. The highest BCUT2D eigenvalue weighted by molar-refractivity contribution is 8.00. The Kier molecular flexibility index (Phi) is 5.76. The smallest absolute Gasteiger partial charge is 0.243 e. The van der Waals surface area contributed by atoms with E-state index in [0.717, 1.165) is 25.7 Å². The normalized spacial score (nSPS) is 25.1. The first-order valence-electron chi connectivity index (χ1n) is 8.59. The summed E-state index contributed by atoms with van der Waals surface area (Å²) in [5, 5.41) is 5.51. The Hall–Kier alpha value is -1.56. The Morgan fingerprint density at radius 1 is 1.25 bits per heavy atom. The fraction of sp³-hybridized carbons (Fsp3) is 0.556. The molecule has 1 aliphatic carbocycles. The molecule has 24 heavy (non-hydrogen) atoms. The molecular weight excluding hydrogens is 327 g/mol. The molecule has 2 fully saturated rings. The molecule has 1 saturated carbocycles. The summed E-state index contributed by atoms with van der Waals surface area (Å²) in [6.07, 6.45) is 5.94. The second-order valence-corrected chi connectivity index (χ2v) is 7.76. The van der Waals surface area contributed by atoms with Gasteiger partial charge in [-0.1, -0.05) is 37.5 Å². The molecule has 1 aromatic rings. The van der Waals surface area contributed by atoms with Gasteiger partial charge in [-0.05, 0) is 30.9 Å². The van der Waals surface area contributed by atoms with Gasteiger partial charge in [-0.2, -0.15) is 0 Å². The van der Waals surface area contributed by atoms with E-state index in [1.165, 1.54) is 24.2 Å². The number of thioether (sulfide) groups is 1. The van der Waals surface area contributed by atoms with Crippen molar-refractivity contribution in [2.75, 3.05) is 5.75 Å². The highest BCUT2D eigenvalue weighted by Gasteiger charge is 2.33. The van der Waals surface area contributed by atoms with Crippen molar-refractivity contribution < 1.29 is 14.0 Å². The third-order valence-corrected chi connectivity index (χ3v) is 6.01. The van der Waals surface area contributed by atoms with Gasteiger partial charge >= 0.3 is 0 Å². The van der Waals surface area contributed by atoms with Crippen LogP contribution in [0.3, 0.4) is 0 Å². The van der Waals surface area contributed by atoms with E-state index in [-0.39, 0.29) is 28.9 Å². The second-order valence-electron chi connectivity index (χ2n) is 6.52. The van der Waals surface area contributed by atoms with E-state index >= 15 is 0 Å². The summed E-state index contributed by atoms with van der Waals surface area (Å²) < 4.78 is 13.7. The van der Waals surface area contributed by atoms with Crippen LogP contribution < -0.4 is 10.6 Å². The molecule has 4 nitrogen and oxygen atoms in total. The number of carbonyl (C=O) groups is 2. The molecule has 2 N–H and O–H groups in total. The van der Waals surface area contributed by atoms with E-state index in [4.69, 9.17) is 0 Å². The molecule has 0 unspecified atom stereocenters. The largest absolute Gasteiger partial charge is 0.352 e. The summed E-state index contributed by atoms with van der Waals surface area (Å²) in [7, 11) is 0. The number of hydrogen-bond acceptors (Lipinski definition) is 3. The van der Waals surface area contributed by atoms with Crippen LogP contribution in [0.25, 0.3) is 0 Å². The highest BCUT2D eigenvalue weighted by Crippen LogP contribution is 2.24. The van der Waals surface area contributed by atoms with Gasteiger partial charge in [0.25, 0.3) is 0 Å². The molecule has 1 aromatic carbocycles. The van der Waals surface area contributed by atoms with Crippen molar-refractivity contribution in [2.24, 2.45) is 0 Å². The maximum absolute atomic E-state index is 13.7. The molecule has 2 atom stereocenters. The highest BCUT2D eigenvalue weighted by atomic mass is 32.2. The molecule has 1 aliphatic heterocycles. The number of nitrogens with one attached hydrogen (secondary N) is 2. The van der Waals surface area contributed by atoms with Crippen LogP contribution >= 0.6 is 11.8 Å². The van der Waals surface area contributed by atoms with Crippen molar-refractivity contribution in [1.29, 1.82) is 0 Å². The van der Waals surface area contributed by atoms with E-state index in [1.807, 2.05) is 0 Å². The summed E-state index contributed by atoms with van der Waals surface area (Å²) in [5.74, 6) is -0.0305. The van der Waals surface area contributed by atoms with E-state index < -0.39 is 6.04 Å². The zero-order chi connectivity index (χ0) is 16.9. The van der Waals surface area contributed by atoms with Gasteiger partial charge in [-0.3, -0.25) is 9.59 Å². The quantitative estimate of drug-likeness (QED) is 0.877. The minimum Gasteiger partial charge on any atom is -0.352 e. The van der Waals surface area contributed by atoms with Gasteiger partial charge in [0.15, 0.2) is 0 Å². The lowest BCUT2D eigenvalue weighted by atomic mass is 9.95.